The van der Waals surface area contributed by atoms with Crippen LogP contribution in [0.25, 0.3) is 0 Å². The number of carbonyl (C=O) groups is 2. The van der Waals surface area contributed by atoms with Gasteiger partial charge < -0.3 is 9.80 Å². The van der Waals surface area contributed by atoms with Crippen LogP contribution in [0.1, 0.15) is 42.4 Å². The summed E-state index contributed by atoms with van der Waals surface area (Å²) in [5.41, 5.74) is 2.28. The minimum atomic E-state index is -0.891. The van der Waals surface area contributed by atoms with Crippen molar-refractivity contribution in [2.24, 2.45) is 0 Å². The number of amides is 2. The van der Waals surface area contributed by atoms with E-state index in [0.29, 0.717) is 18.1 Å². The number of halogens is 1. The largest absolute Gasteiger partial charge is 0.349 e. The van der Waals surface area contributed by atoms with E-state index in [-0.39, 0.29) is 24.2 Å². The van der Waals surface area contributed by atoms with E-state index in [1.165, 1.54) is 0 Å². The molecule has 2 unspecified atom stereocenters. The molecule has 3 rings (SSSR count). The molecule has 1 heterocycles. The summed E-state index contributed by atoms with van der Waals surface area (Å²) in [6.07, 6.45) is 1.05. The van der Waals surface area contributed by atoms with Crippen molar-refractivity contribution in [3.63, 3.8) is 0 Å². The number of nitrogens with zero attached hydrogens (tertiary/aromatic N) is 2. The van der Waals surface area contributed by atoms with Crippen LogP contribution in [0.15, 0.2) is 48.5 Å². The molecular formula is C24H29ClN2O2. The lowest BCUT2D eigenvalue weighted by atomic mass is 9.77. The molecule has 154 valence electrons. The number of hydrogen-bond acceptors (Lipinski definition) is 2. The fourth-order valence-electron chi connectivity index (χ4n) is 4.01. The Hall–Kier alpha value is -2.33. The highest BCUT2D eigenvalue weighted by Crippen LogP contribution is 2.35. The number of carbonyl (C=O) groups excluding carboxylic acids is 2. The van der Waals surface area contributed by atoms with E-state index < -0.39 is 5.41 Å². The van der Waals surface area contributed by atoms with Crippen LogP contribution >= 0.6 is 11.6 Å². The van der Waals surface area contributed by atoms with Gasteiger partial charge in [0.05, 0.1) is 5.41 Å². The third kappa shape index (κ3) is 4.64. The SMILES string of the molecule is Cc1ccc(C(C)(CC(=O)N(C)C)C(=O)N2CCC(c3cccc(Cl)c3)C2)cc1. The Kier molecular flexibility index (Phi) is 6.33. The van der Waals surface area contributed by atoms with Gasteiger partial charge >= 0.3 is 0 Å². The number of rotatable bonds is 5. The van der Waals surface area contributed by atoms with Crippen molar-refractivity contribution in [1.29, 1.82) is 0 Å². The molecule has 0 aliphatic carbocycles. The van der Waals surface area contributed by atoms with E-state index in [1.54, 1.807) is 19.0 Å². The molecule has 0 radical (unpaired) electrons. The van der Waals surface area contributed by atoms with Crippen LogP contribution in [-0.4, -0.2) is 48.8 Å². The molecule has 4 nitrogen and oxygen atoms in total. The molecule has 5 heteroatoms. The van der Waals surface area contributed by atoms with Gasteiger partial charge in [0.15, 0.2) is 0 Å². The molecule has 0 spiro atoms. The number of aryl methyl sites for hydroxylation is 1. The third-order valence-corrected chi connectivity index (χ3v) is 6.19. The molecular weight excluding hydrogens is 384 g/mol. The maximum atomic E-state index is 13.7. The molecule has 0 N–H and O–H groups in total. The van der Waals surface area contributed by atoms with Gasteiger partial charge in [0, 0.05) is 44.5 Å². The number of benzene rings is 2. The smallest absolute Gasteiger partial charge is 0.233 e. The lowest BCUT2D eigenvalue weighted by Crippen LogP contribution is -2.46. The molecule has 1 fully saturated rings. The van der Waals surface area contributed by atoms with Crippen LogP contribution in [0.5, 0.6) is 0 Å². The molecule has 0 bridgehead atoms. The topological polar surface area (TPSA) is 40.6 Å². The summed E-state index contributed by atoms with van der Waals surface area (Å²) in [5, 5.41) is 0.716. The zero-order valence-electron chi connectivity index (χ0n) is 17.6. The number of hydrogen-bond donors (Lipinski definition) is 0. The Balaban J connectivity index is 1.86. The van der Waals surface area contributed by atoms with E-state index in [2.05, 4.69) is 6.07 Å². The molecule has 29 heavy (non-hydrogen) atoms. The Morgan fingerprint density at radius 3 is 2.48 bits per heavy atom. The second kappa shape index (κ2) is 8.58. The van der Waals surface area contributed by atoms with Crippen LogP contribution in [0.4, 0.5) is 0 Å². The molecule has 2 atom stereocenters. The molecule has 1 aliphatic rings. The fraction of sp³-hybridized carbons (Fsp3) is 0.417. The van der Waals surface area contributed by atoms with E-state index in [4.69, 9.17) is 11.6 Å². The van der Waals surface area contributed by atoms with Crippen LogP contribution < -0.4 is 0 Å². The van der Waals surface area contributed by atoms with Crippen LogP contribution in [-0.2, 0) is 15.0 Å². The first-order valence-electron chi connectivity index (χ1n) is 10.0. The van der Waals surface area contributed by atoms with E-state index in [0.717, 1.165) is 23.1 Å². The predicted octanol–water partition coefficient (Wildman–Crippen LogP) is 4.40. The third-order valence-electron chi connectivity index (χ3n) is 5.96. The van der Waals surface area contributed by atoms with E-state index in [9.17, 15) is 9.59 Å². The van der Waals surface area contributed by atoms with Crippen LogP contribution in [0, 0.1) is 6.92 Å². The van der Waals surface area contributed by atoms with Crippen molar-refractivity contribution in [1.82, 2.24) is 9.80 Å². The Labute approximate surface area is 178 Å². The van der Waals surface area contributed by atoms with Crippen molar-refractivity contribution in [3.05, 3.63) is 70.2 Å². The maximum Gasteiger partial charge on any atom is 0.233 e. The summed E-state index contributed by atoms with van der Waals surface area (Å²) in [6, 6.07) is 15.8. The first-order valence-corrected chi connectivity index (χ1v) is 10.4. The Bertz CT molecular complexity index is 894. The lowest BCUT2D eigenvalue weighted by molar-refractivity contribution is -0.141. The highest BCUT2D eigenvalue weighted by atomic mass is 35.5. The summed E-state index contributed by atoms with van der Waals surface area (Å²) in [4.78, 5) is 29.7. The molecule has 1 aliphatic heterocycles. The van der Waals surface area contributed by atoms with Gasteiger partial charge in [-0.2, -0.15) is 0 Å². The Morgan fingerprint density at radius 2 is 1.86 bits per heavy atom. The quantitative estimate of drug-likeness (QED) is 0.730. The fourth-order valence-corrected chi connectivity index (χ4v) is 4.21. The Morgan fingerprint density at radius 1 is 1.17 bits per heavy atom. The highest BCUT2D eigenvalue weighted by molar-refractivity contribution is 6.30. The minimum Gasteiger partial charge on any atom is -0.349 e. The number of likely N-dealkylation sites (tertiary alicyclic amines) is 1. The molecule has 1 saturated heterocycles. The van der Waals surface area contributed by atoms with Crippen molar-refractivity contribution in [2.45, 2.75) is 38.0 Å². The van der Waals surface area contributed by atoms with Gasteiger partial charge in [0.25, 0.3) is 0 Å². The summed E-state index contributed by atoms with van der Waals surface area (Å²) < 4.78 is 0. The molecule has 2 aromatic rings. The summed E-state index contributed by atoms with van der Waals surface area (Å²) in [7, 11) is 3.46. The predicted molar refractivity (Wildman–Crippen MR) is 117 cm³/mol. The second-order valence-corrected chi connectivity index (χ2v) is 8.89. The average molecular weight is 413 g/mol. The zero-order valence-corrected chi connectivity index (χ0v) is 18.4. The minimum absolute atomic E-state index is 0.0149. The van der Waals surface area contributed by atoms with Gasteiger partial charge in [-0.3, -0.25) is 9.59 Å². The first kappa shape index (κ1) is 21.4. The van der Waals surface area contributed by atoms with E-state index >= 15 is 0 Å². The van der Waals surface area contributed by atoms with Gasteiger partial charge in [0.2, 0.25) is 11.8 Å². The van der Waals surface area contributed by atoms with Gasteiger partial charge in [0.1, 0.15) is 0 Å². The molecule has 2 aromatic carbocycles. The van der Waals surface area contributed by atoms with Gasteiger partial charge in [-0.25, -0.2) is 0 Å². The van der Waals surface area contributed by atoms with Crippen LogP contribution in [0.2, 0.25) is 5.02 Å². The molecule has 2 amide bonds. The monoisotopic (exact) mass is 412 g/mol. The van der Waals surface area contributed by atoms with Crippen molar-refractivity contribution >= 4 is 23.4 Å². The van der Waals surface area contributed by atoms with E-state index in [1.807, 2.05) is 61.2 Å². The molecule has 0 aromatic heterocycles. The van der Waals surface area contributed by atoms with Gasteiger partial charge in [-0.15, -0.1) is 0 Å². The lowest BCUT2D eigenvalue weighted by Gasteiger charge is -2.33. The first-order chi connectivity index (χ1) is 13.7. The van der Waals surface area contributed by atoms with Crippen molar-refractivity contribution in [3.8, 4) is 0 Å². The normalized spacial score (nSPS) is 18.4. The zero-order chi connectivity index (χ0) is 21.2. The average Bonchev–Trinajstić information content (AvgIpc) is 3.17. The van der Waals surface area contributed by atoms with Crippen LogP contribution in [0.3, 0.4) is 0 Å². The van der Waals surface area contributed by atoms with Crippen molar-refractivity contribution < 1.29 is 9.59 Å². The summed E-state index contributed by atoms with van der Waals surface area (Å²) in [6.45, 7) is 5.25. The second-order valence-electron chi connectivity index (χ2n) is 8.45. The van der Waals surface area contributed by atoms with Gasteiger partial charge in [-0.1, -0.05) is 53.6 Å². The van der Waals surface area contributed by atoms with Crippen molar-refractivity contribution in [2.75, 3.05) is 27.2 Å². The van der Waals surface area contributed by atoms with Gasteiger partial charge in [-0.05, 0) is 43.5 Å². The highest BCUT2D eigenvalue weighted by Gasteiger charge is 2.42. The summed E-state index contributed by atoms with van der Waals surface area (Å²) >= 11 is 6.15. The maximum absolute atomic E-state index is 13.7. The summed E-state index contributed by atoms with van der Waals surface area (Å²) in [5.74, 6) is 0.234. The molecule has 0 saturated carbocycles. The standard InChI is InChI=1S/C24H29ClN2O2/c1-17-8-10-20(11-9-17)24(2,15-22(28)26(3)4)23(29)27-13-12-19(16-27)18-6-5-7-21(25)14-18/h5-11,14,19H,12-13,15-16H2,1-4H3.